The number of anilines is 1. The summed E-state index contributed by atoms with van der Waals surface area (Å²) in [7, 11) is 3.30. The van der Waals surface area contributed by atoms with E-state index in [4.69, 9.17) is 0 Å². The fraction of sp³-hybridized carbons (Fsp3) is 0.269. The highest BCUT2D eigenvalue weighted by atomic mass is 16.2. The maximum absolute atomic E-state index is 12.2. The second-order valence-corrected chi connectivity index (χ2v) is 8.63. The molecule has 0 aliphatic heterocycles. The first-order chi connectivity index (χ1) is 16.2. The molecule has 4 rings (SSSR count). The third kappa shape index (κ3) is 4.96. The molecule has 8 nitrogen and oxygen atoms in total. The Labute approximate surface area is 198 Å². The molecule has 1 atom stereocenters. The third-order valence-electron chi connectivity index (χ3n) is 5.65. The molecule has 0 saturated carbocycles. The lowest BCUT2D eigenvalue weighted by molar-refractivity contribution is -0.129. The summed E-state index contributed by atoms with van der Waals surface area (Å²) in [5.41, 5.74) is 4.24. The molecule has 2 heterocycles. The molecule has 0 bridgehead atoms. The Kier molecular flexibility index (Phi) is 6.40. The minimum Gasteiger partial charge on any atom is -0.363 e. The molecule has 0 aliphatic carbocycles. The zero-order valence-corrected chi connectivity index (χ0v) is 20.0. The number of aromatic nitrogens is 4. The van der Waals surface area contributed by atoms with Crippen LogP contribution in [-0.4, -0.2) is 44.7 Å². The van der Waals surface area contributed by atoms with Gasteiger partial charge in [0.05, 0.1) is 11.2 Å². The molecule has 1 N–H and O–H groups in total. The van der Waals surface area contributed by atoms with Crippen LogP contribution >= 0.6 is 0 Å². The normalized spacial score (nSPS) is 11.9. The SMILES string of the molecule is Cc1cccc([C@H](C)Nc2nc(C)nc3ccc(-c4ccc(=O)n(CC(=O)N(C)C)n4)cc23)c1. The van der Waals surface area contributed by atoms with Crippen molar-refractivity contribution in [2.75, 3.05) is 19.4 Å². The number of likely N-dealkylation sites (N-methyl/N-ethyl adjacent to an activating group) is 1. The van der Waals surface area contributed by atoms with Crippen LogP contribution in [0.5, 0.6) is 0 Å². The van der Waals surface area contributed by atoms with E-state index in [0.29, 0.717) is 11.5 Å². The lowest BCUT2D eigenvalue weighted by atomic mass is 10.0. The molecule has 4 aromatic rings. The largest absolute Gasteiger partial charge is 0.363 e. The number of aryl methyl sites for hydroxylation is 2. The number of fused-ring (bicyclic) bond motifs is 1. The Balaban J connectivity index is 1.73. The van der Waals surface area contributed by atoms with E-state index in [-0.39, 0.29) is 24.1 Å². The topological polar surface area (TPSA) is 93.0 Å². The van der Waals surface area contributed by atoms with Gasteiger partial charge in [-0.1, -0.05) is 35.9 Å². The zero-order valence-electron chi connectivity index (χ0n) is 20.0. The van der Waals surface area contributed by atoms with Gasteiger partial charge in [0, 0.05) is 37.2 Å². The Morgan fingerprint density at radius 1 is 1.06 bits per heavy atom. The number of nitrogens with zero attached hydrogens (tertiary/aromatic N) is 5. The molecule has 2 aromatic heterocycles. The lowest BCUT2D eigenvalue weighted by Crippen LogP contribution is -2.32. The van der Waals surface area contributed by atoms with Crippen LogP contribution in [0.4, 0.5) is 5.82 Å². The van der Waals surface area contributed by atoms with E-state index in [2.05, 4.69) is 52.4 Å². The van der Waals surface area contributed by atoms with Gasteiger partial charge < -0.3 is 10.2 Å². The molecule has 8 heteroatoms. The summed E-state index contributed by atoms with van der Waals surface area (Å²) in [6.07, 6.45) is 0. The minimum absolute atomic E-state index is 0.0399. The van der Waals surface area contributed by atoms with Crippen LogP contribution in [0.3, 0.4) is 0 Å². The van der Waals surface area contributed by atoms with Gasteiger partial charge in [-0.25, -0.2) is 14.6 Å². The number of amides is 1. The molecule has 0 unspecified atom stereocenters. The van der Waals surface area contributed by atoms with Crippen LogP contribution in [0.15, 0.2) is 59.4 Å². The third-order valence-corrected chi connectivity index (χ3v) is 5.65. The van der Waals surface area contributed by atoms with Crippen LogP contribution in [0.1, 0.15) is 29.9 Å². The van der Waals surface area contributed by atoms with Crippen molar-refractivity contribution >= 4 is 22.6 Å². The first-order valence-corrected chi connectivity index (χ1v) is 11.1. The summed E-state index contributed by atoms with van der Waals surface area (Å²) < 4.78 is 1.19. The van der Waals surface area contributed by atoms with E-state index in [0.717, 1.165) is 22.3 Å². The minimum atomic E-state index is -0.326. The van der Waals surface area contributed by atoms with Crippen molar-refractivity contribution in [3.8, 4) is 11.3 Å². The Hall–Kier alpha value is -4.07. The average Bonchev–Trinajstić information content (AvgIpc) is 2.80. The van der Waals surface area contributed by atoms with Crippen LogP contribution in [0.25, 0.3) is 22.2 Å². The van der Waals surface area contributed by atoms with Crippen LogP contribution < -0.4 is 10.9 Å². The zero-order chi connectivity index (χ0) is 24.4. The molecule has 1 amide bonds. The smallest absolute Gasteiger partial charge is 0.267 e. The van der Waals surface area contributed by atoms with Gasteiger partial charge in [0.2, 0.25) is 5.91 Å². The van der Waals surface area contributed by atoms with Crippen LogP contribution in [0, 0.1) is 13.8 Å². The molecular weight excluding hydrogens is 428 g/mol. The molecule has 2 aromatic carbocycles. The maximum Gasteiger partial charge on any atom is 0.267 e. The molecule has 0 spiro atoms. The second-order valence-electron chi connectivity index (χ2n) is 8.63. The Bertz CT molecular complexity index is 1430. The van der Waals surface area contributed by atoms with Crippen molar-refractivity contribution in [1.29, 1.82) is 0 Å². The number of hydrogen-bond acceptors (Lipinski definition) is 6. The van der Waals surface area contributed by atoms with Crippen LogP contribution in [-0.2, 0) is 11.3 Å². The first-order valence-electron chi connectivity index (χ1n) is 11.1. The summed E-state index contributed by atoms with van der Waals surface area (Å²) in [5.74, 6) is 1.20. The van der Waals surface area contributed by atoms with Crippen molar-refractivity contribution in [2.24, 2.45) is 0 Å². The summed E-state index contributed by atoms with van der Waals surface area (Å²) in [4.78, 5) is 35.0. The quantitative estimate of drug-likeness (QED) is 0.475. The maximum atomic E-state index is 12.2. The number of carbonyl (C=O) groups is 1. The molecule has 0 saturated heterocycles. The van der Waals surface area contributed by atoms with Gasteiger partial charge in [-0.3, -0.25) is 9.59 Å². The fourth-order valence-electron chi connectivity index (χ4n) is 3.73. The van der Waals surface area contributed by atoms with Crippen molar-refractivity contribution in [2.45, 2.75) is 33.4 Å². The predicted molar refractivity (Wildman–Crippen MR) is 134 cm³/mol. The number of carbonyl (C=O) groups excluding carboxylic acids is 1. The van der Waals surface area contributed by atoms with E-state index >= 15 is 0 Å². The number of nitrogens with one attached hydrogen (secondary N) is 1. The fourth-order valence-corrected chi connectivity index (χ4v) is 3.73. The van der Waals surface area contributed by atoms with E-state index in [1.165, 1.54) is 26.8 Å². The summed E-state index contributed by atoms with van der Waals surface area (Å²) >= 11 is 0. The standard InChI is InChI=1S/C26H28N6O2/c1-16-7-6-8-19(13-16)17(2)27-26-21-14-20(9-10-23(21)28-18(3)29-26)22-11-12-24(33)32(30-22)15-25(34)31(4)5/h6-14,17H,15H2,1-5H3,(H,27,28,29)/t17-/m0/s1. The van der Waals surface area contributed by atoms with Gasteiger partial charge in [0.15, 0.2) is 0 Å². The highest BCUT2D eigenvalue weighted by molar-refractivity contribution is 5.92. The van der Waals surface area contributed by atoms with Gasteiger partial charge in [0.25, 0.3) is 5.56 Å². The molecule has 0 radical (unpaired) electrons. The Morgan fingerprint density at radius 2 is 1.85 bits per heavy atom. The second kappa shape index (κ2) is 9.43. The van der Waals surface area contributed by atoms with E-state index in [1.807, 2.05) is 31.2 Å². The van der Waals surface area contributed by atoms with Gasteiger partial charge in [0.1, 0.15) is 18.2 Å². The summed E-state index contributed by atoms with van der Waals surface area (Å²) in [5, 5.41) is 8.82. The highest BCUT2D eigenvalue weighted by Crippen LogP contribution is 2.29. The van der Waals surface area contributed by atoms with Crippen molar-refractivity contribution in [3.63, 3.8) is 0 Å². The molecular formula is C26H28N6O2. The first kappa shape index (κ1) is 23.1. The summed E-state index contributed by atoms with van der Waals surface area (Å²) in [6, 6.07) is 17.3. The number of rotatable bonds is 6. The van der Waals surface area contributed by atoms with E-state index in [9.17, 15) is 9.59 Å². The number of hydrogen-bond donors (Lipinski definition) is 1. The predicted octanol–water partition coefficient (Wildman–Crippen LogP) is 3.73. The number of benzene rings is 2. The van der Waals surface area contributed by atoms with Gasteiger partial charge >= 0.3 is 0 Å². The van der Waals surface area contributed by atoms with Gasteiger partial charge in [-0.15, -0.1) is 0 Å². The lowest BCUT2D eigenvalue weighted by Gasteiger charge is -2.18. The summed E-state index contributed by atoms with van der Waals surface area (Å²) in [6.45, 7) is 5.93. The monoisotopic (exact) mass is 456 g/mol. The van der Waals surface area contributed by atoms with Crippen molar-refractivity contribution < 1.29 is 4.79 Å². The van der Waals surface area contributed by atoms with Gasteiger partial charge in [-0.05, 0) is 44.5 Å². The molecule has 174 valence electrons. The van der Waals surface area contributed by atoms with E-state index in [1.54, 1.807) is 20.2 Å². The van der Waals surface area contributed by atoms with Crippen LogP contribution in [0.2, 0.25) is 0 Å². The molecule has 0 aliphatic rings. The van der Waals surface area contributed by atoms with Crippen molar-refractivity contribution in [1.82, 2.24) is 24.6 Å². The Morgan fingerprint density at radius 3 is 2.59 bits per heavy atom. The highest BCUT2D eigenvalue weighted by Gasteiger charge is 2.14. The average molecular weight is 457 g/mol. The van der Waals surface area contributed by atoms with Crippen molar-refractivity contribution in [3.05, 3.63) is 81.9 Å². The van der Waals surface area contributed by atoms with Gasteiger partial charge in [-0.2, -0.15) is 5.10 Å². The van der Waals surface area contributed by atoms with E-state index < -0.39 is 0 Å². The molecule has 34 heavy (non-hydrogen) atoms. The molecule has 0 fully saturated rings.